The van der Waals surface area contributed by atoms with Crippen LogP contribution in [0, 0.1) is 0 Å². The Morgan fingerprint density at radius 3 is 3.00 bits per heavy atom. The number of nitrogens with zero attached hydrogens (tertiary/aromatic N) is 2. The van der Waals surface area contributed by atoms with Crippen molar-refractivity contribution in [1.82, 2.24) is 9.80 Å². The highest BCUT2D eigenvalue weighted by Crippen LogP contribution is 2.40. The second kappa shape index (κ2) is 6.11. The van der Waals surface area contributed by atoms with E-state index in [1.54, 1.807) is 0 Å². The Kier molecular flexibility index (Phi) is 4.11. The Labute approximate surface area is 140 Å². The maximum absolute atomic E-state index is 9.93. The molecule has 0 saturated carbocycles. The first-order chi connectivity index (χ1) is 11.2. The molecule has 7 heteroatoms. The van der Waals surface area contributed by atoms with E-state index in [-0.39, 0.29) is 18.9 Å². The van der Waals surface area contributed by atoms with Gasteiger partial charge in [0.25, 0.3) is 0 Å². The summed E-state index contributed by atoms with van der Waals surface area (Å²) >= 11 is 6.27. The third-order valence-electron chi connectivity index (χ3n) is 4.94. The van der Waals surface area contributed by atoms with E-state index >= 15 is 0 Å². The first-order valence-corrected chi connectivity index (χ1v) is 8.32. The Morgan fingerprint density at radius 2 is 2.13 bits per heavy atom. The molecular weight excluding hydrogens is 320 g/mol. The summed E-state index contributed by atoms with van der Waals surface area (Å²) in [6, 6.07) is 3.92. The van der Waals surface area contributed by atoms with Gasteiger partial charge in [-0.2, -0.15) is 0 Å². The van der Waals surface area contributed by atoms with Crippen LogP contribution >= 0.6 is 11.6 Å². The molecular formula is C16H21ClN2O4. The van der Waals surface area contributed by atoms with Crippen LogP contribution in [0.2, 0.25) is 5.02 Å². The predicted molar refractivity (Wildman–Crippen MR) is 85.1 cm³/mol. The molecule has 2 saturated heterocycles. The summed E-state index contributed by atoms with van der Waals surface area (Å²) in [5.74, 6) is 1.34. The van der Waals surface area contributed by atoms with Gasteiger partial charge in [0.15, 0.2) is 11.5 Å². The summed E-state index contributed by atoms with van der Waals surface area (Å²) in [6.45, 7) is 6.04. The number of hydrogen-bond donors (Lipinski definition) is 1. The summed E-state index contributed by atoms with van der Waals surface area (Å²) in [5, 5.41) is 10.5. The Bertz CT molecular complexity index is 600. The van der Waals surface area contributed by atoms with E-state index in [0.717, 1.165) is 44.9 Å². The number of aliphatic hydroxyl groups is 1. The highest BCUT2D eigenvalue weighted by molar-refractivity contribution is 6.32. The molecule has 23 heavy (non-hydrogen) atoms. The molecule has 0 aromatic heterocycles. The van der Waals surface area contributed by atoms with Crippen molar-refractivity contribution < 1.29 is 19.3 Å². The Morgan fingerprint density at radius 1 is 1.22 bits per heavy atom. The molecule has 0 aliphatic carbocycles. The molecule has 1 atom stereocenters. The smallest absolute Gasteiger partial charge is 0.231 e. The van der Waals surface area contributed by atoms with Gasteiger partial charge < -0.3 is 19.3 Å². The lowest BCUT2D eigenvalue weighted by Crippen LogP contribution is -2.68. The monoisotopic (exact) mass is 340 g/mol. The molecule has 4 rings (SSSR count). The van der Waals surface area contributed by atoms with Gasteiger partial charge in [0, 0.05) is 32.7 Å². The third kappa shape index (κ3) is 2.79. The zero-order valence-corrected chi connectivity index (χ0v) is 13.7. The van der Waals surface area contributed by atoms with Crippen LogP contribution in [0.4, 0.5) is 0 Å². The van der Waals surface area contributed by atoms with Crippen molar-refractivity contribution in [2.24, 2.45) is 0 Å². The maximum atomic E-state index is 9.93. The molecule has 0 amide bonds. The van der Waals surface area contributed by atoms with Gasteiger partial charge in [0.1, 0.15) is 0 Å². The number of fused-ring (bicyclic) bond motifs is 2. The van der Waals surface area contributed by atoms with Gasteiger partial charge in [0.05, 0.1) is 30.4 Å². The fraction of sp³-hybridized carbons (Fsp3) is 0.625. The molecule has 3 heterocycles. The molecule has 6 nitrogen and oxygen atoms in total. The number of piperazine rings is 1. The number of ether oxygens (including phenoxy) is 3. The van der Waals surface area contributed by atoms with Gasteiger partial charge in [-0.05, 0) is 17.7 Å². The Balaban J connectivity index is 1.50. The van der Waals surface area contributed by atoms with Crippen LogP contribution in [0.25, 0.3) is 0 Å². The number of halogens is 1. The minimum atomic E-state index is -0.281. The van der Waals surface area contributed by atoms with E-state index in [9.17, 15) is 5.11 Å². The highest BCUT2D eigenvalue weighted by atomic mass is 35.5. The van der Waals surface area contributed by atoms with Crippen molar-refractivity contribution >= 4 is 11.6 Å². The van der Waals surface area contributed by atoms with Crippen molar-refractivity contribution in [3.05, 3.63) is 22.7 Å². The highest BCUT2D eigenvalue weighted by Gasteiger charge is 2.43. The quantitative estimate of drug-likeness (QED) is 0.884. The zero-order chi connectivity index (χ0) is 15.9. The normalized spacial score (nSPS) is 27.9. The Hall–Kier alpha value is -1.05. The lowest BCUT2D eigenvalue weighted by atomic mass is 9.94. The van der Waals surface area contributed by atoms with Crippen LogP contribution in [0.1, 0.15) is 5.56 Å². The van der Waals surface area contributed by atoms with Gasteiger partial charge in [-0.15, -0.1) is 0 Å². The van der Waals surface area contributed by atoms with E-state index in [0.29, 0.717) is 23.1 Å². The van der Waals surface area contributed by atoms with Gasteiger partial charge >= 0.3 is 0 Å². The van der Waals surface area contributed by atoms with Crippen LogP contribution in [0.15, 0.2) is 12.1 Å². The molecule has 1 unspecified atom stereocenters. The molecule has 1 aromatic rings. The van der Waals surface area contributed by atoms with Crippen molar-refractivity contribution in [2.45, 2.75) is 12.1 Å². The van der Waals surface area contributed by atoms with E-state index < -0.39 is 0 Å². The van der Waals surface area contributed by atoms with Crippen molar-refractivity contribution in [1.29, 1.82) is 0 Å². The van der Waals surface area contributed by atoms with Gasteiger partial charge in [-0.3, -0.25) is 9.80 Å². The van der Waals surface area contributed by atoms with E-state index in [1.165, 1.54) is 0 Å². The topological polar surface area (TPSA) is 54.4 Å². The SMILES string of the molecule is OCC12COCCN1CCN(Cc1cc(Cl)c3c(c1)OCO3)C2. The van der Waals surface area contributed by atoms with Gasteiger partial charge in [-0.1, -0.05) is 11.6 Å². The minimum absolute atomic E-state index is 0.116. The van der Waals surface area contributed by atoms with Crippen molar-refractivity contribution in [3.8, 4) is 11.5 Å². The fourth-order valence-electron chi connectivity index (χ4n) is 3.72. The van der Waals surface area contributed by atoms with Crippen LogP contribution in [-0.4, -0.2) is 73.2 Å². The largest absolute Gasteiger partial charge is 0.454 e. The minimum Gasteiger partial charge on any atom is -0.454 e. The molecule has 3 aliphatic heterocycles. The van der Waals surface area contributed by atoms with E-state index in [1.807, 2.05) is 12.1 Å². The summed E-state index contributed by atoms with van der Waals surface area (Å²) < 4.78 is 16.4. The second-order valence-electron chi connectivity index (χ2n) is 6.44. The number of hydrogen-bond acceptors (Lipinski definition) is 6. The number of benzene rings is 1. The molecule has 2 fully saturated rings. The first-order valence-electron chi connectivity index (χ1n) is 7.94. The molecule has 0 spiro atoms. The molecule has 126 valence electrons. The van der Waals surface area contributed by atoms with Crippen LogP contribution in [0.5, 0.6) is 11.5 Å². The maximum Gasteiger partial charge on any atom is 0.231 e. The molecule has 1 aromatic carbocycles. The second-order valence-corrected chi connectivity index (χ2v) is 6.85. The summed E-state index contributed by atoms with van der Waals surface area (Å²) in [6.07, 6.45) is 0. The van der Waals surface area contributed by atoms with Crippen LogP contribution in [-0.2, 0) is 11.3 Å². The first kappa shape index (κ1) is 15.5. The summed E-state index contributed by atoms with van der Waals surface area (Å²) in [5.41, 5.74) is 0.814. The molecule has 3 aliphatic rings. The van der Waals surface area contributed by atoms with E-state index in [2.05, 4.69) is 9.80 Å². The number of morpholine rings is 1. The fourth-order valence-corrected chi connectivity index (χ4v) is 4.01. The average Bonchev–Trinajstić information content (AvgIpc) is 3.03. The zero-order valence-electron chi connectivity index (χ0n) is 13.0. The van der Waals surface area contributed by atoms with Gasteiger partial charge in [0.2, 0.25) is 6.79 Å². The van der Waals surface area contributed by atoms with E-state index in [4.69, 9.17) is 25.8 Å². The standard InChI is InChI=1S/C16H21ClN2O4/c17-13-5-12(6-14-15(13)23-11-22-14)7-18-1-2-19-3-4-21-10-16(19,8-18)9-20/h5-6,20H,1-4,7-11H2. The van der Waals surface area contributed by atoms with Crippen molar-refractivity contribution in [3.63, 3.8) is 0 Å². The summed E-state index contributed by atoms with van der Waals surface area (Å²) in [7, 11) is 0. The van der Waals surface area contributed by atoms with Crippen molar-refractivity contribution in [2.75, 3.05) is 52.8 Å². The molecule has 1 N–H and O–H groups in total. The lowest BCUT2D eigenvalue weighted by Gasteiger charge is -2.52. The average molecular weight is 341 g/mol. The third-order valence-corrected chi connectivity index (χ3v) is 5.22. The molecule has 0 bridgehead atoms. The van der Waals surface area contributed by atoms with Gasteiger partial charge in [-0.25, -0.2) is 0 Å². The van der Waals surface area contributed by atoms with Crippen LogP contribution in [0.3, 0.4) is 0 Å². The van der Waals surface area contributed by atoms with Crippen LogP contribution < -0.4 is 9.47 Å². The predicted octanol–water partition coefficient (Wildman–Crippen LogP) is 0.948. The summed E-state index contributed by atoms with van der Waals surface area (Å²) in [4.78, 5) is 4.70. The number of rotatable bonds is 3. The molecule has 0 radical (unpaired) electrons. The number of aliphatic hydroxyl groups excluding tert-OH is 1. The lowest BCUT2D eigenvalue weighted by molar-refractivity contribution is -0.127.